The van der Waals surface area contributed by atoms with Crippen molar-refractivity contribution in [1.82, 2.24) is 4.90 Å². The topological polar surface area (TPSA) is 76.1 Å². The Hall–Kier alpha value is -2.80. The molecule has 1 aliphatic rings. The van der Waals surface area contributed by atoms with E-state index in [1.165, 1.54) is 12.0 Å². The van der Waals surface area contributed by atoms with Gasteiger partial charge in [0.15, 0.2) is 0 Å². The predicted molar refractivity (Wildman–Crippen MR) is 119 cm³/mol. The van der Waals surface area contributed by atoms with E-state index in [0.29, 0.717) is 28.5 Å². The summed E-state index contributed by atoms with van der Waals surface area (Å²) in [4.78, 5) is 27.0. The number of aliphatic hydroxyl groups excluding tert-OH is 1. The lowest BCUT2D eigenvalue weighted by atomic mass is 9.95. The summed E-state index contributed by atoms with van der Waals surface area (Å²) in [6.45, 7) is 4.32. The molecule has 1 amide bonds. The summed E-state index contributed by atoms with van der Waals surface area (Å²) < 4.78 is 10.5. The molecule has 2 aromatic carbocycles. The maximum atomic E-state index is 12.9. The largest absolute Gasteiger partial charge is 0.507 e. The first-order chi connectivity index (χ1) is 14.9. The summed E-state index contributed by atoms with van der Waals surface area (Å²) in [7, 11) is 1.50. The number of ketones is 1. The van der Waals surface area contributed by atoms with E-state index in [-0.39, 0.29) is 29.5 Å². The second kappa shape index (κ2) is 10.0. The Balaban J connectivity index is 2.09. The number of Topliss-reactive ketones (excluding diaryl/α,β-unsaturated/α-hetero) is 1. The third kappa shape index (κ3) is 4.77. The molecule has 0 radical (unpaired) electrons. The third-order valence-electron chi connectivity index (χ3n) is 4.83. The Bertz CT molecular complexity index is 1030. The van der Waals surface area contributed by atoms with Crippen LogP contribution in [0, 0.1) is 0 Å². The fourth-order valence-electron chi connectivity index (χ4n) is 3.35. The summed E-state index contributed by atoms with van der Waals surface area (Å²) in [5, 5.41) is 11.6. The van der Waals surface area contributed by atoms with Crippen LogP contribution in [0.1, 0.15) is 17.2 Å². The van der Waals surface area contributed by atoms with Gasteiger partial charge in [0.25, 0.3) is 11.7 Å². The van der Waals surface area contributed by atoms with Gasteiger partial charge in [-0.05, 0) is 42.0 Å². The number of amides is 1. The quantitative estimate of drug-likeness (QED) is 0.268. The molecule has 1 N–H and O–H groups in total. The molecule has 0 aliphatic carbocycles. The molecular formula is C23H21Cl2NO5. The number of rotatable bonds is 8. The van der Waals surface area contributed by atoms with Gasteiger partial charge in [-0.1, -0.05) is 41.9 Å². The fraction of sp³-hybridized carbons (Fsp3) is 0.217. The van der Waals surface area contributed by atoms with Crippen molar-refractivity contribution in [2.45, 2.75) is 6.04 Å². The molecular weight excluding hydrogens is 441 g/mol. The summed E-state index contributed by atoms with van der Waals surface area (Å²) in [6, 6.07) is 10.6. The molecule has 1 saturated heterocycles. The number of halogens is 2. The summed E-state index contributed by atoms with van der Waals surface area (Å²) in [5.41, 5.74) is 0.900. The van der Waals surface area contributed by atoms with Gasteiger partial charge in [-0.3, -0.25) is 9.59 Å². The van der Waals surface area contributed by atoms with Crippen LogP contribution >= 0.6 is 23.2 Å². The van der Waals surface area contributed by atoms with Crippen LogP contribution < -0.4 is 4.74 Å². The lowest BCUT2D eigenvalue weighted by molar-refractivity contribution is -0.140. The molecule has 0 saturated carbocycles. The highest BCUT2D eigenvalue weighted by Crippen LogP contribution is 2.40. The lowest BCUT2D eigenvalue weighted by Crippen LogP contribution is -2.32. The molecule has 8 heteroatoms. The van der Waals surface area contributed by atoms with Crippen LogP contribution in [-0.2, 0) is 14.3 Å². The van der Waals surface area contributed by atoms with Crippen molar-refractivity contribution in [2.24, 2.45) is 0 Å². The average Bonchev–Trinajstić information content (AvgIpc) is 3.02. The molecule has 0 bridgehead atoms. The van der Waals surface area contributed by atoms with Gasteiger partial charge in [-0.15, -0.1) is 0 Å². The standard InChI is InChI=1S/C23H21Cl2NO5/c1-3-11-31-16-7-4-14(5-8-16)21(27)19-20(15-6-9-17(24)18(25)13-15)26(10-12-30-2)23(29)22(19)28/h3-9,13,20,27H,1,10-12H2,2H3/t20-/m1/s1. The number of hydrogen-bond acceptors (Lipinski definition) is 5. The van der Waals surface area contributed by atoms with Crippen molar-refractivity contribution in [3.8, 4) is 5.75 Å². The Morgan fingerprint density at radius 3 is 2.48 bits per heavy atom. The minimum absolute atomic E-state index is 0.0285. The van der Waals surface area contributed by atoms with Crippen LogP contribution in [0.25, 0.3) is 5.76 Å². The van der Waals surface area contributed by atoms with Gasteiger partial charge < -0.3 is 19.5 Å². The molecule has 3 rings (SSSR count). The molecule has 0 aromatic heterocycles. The first-order valence-electron chi connectivity index (χ1n) is 9.45. The number of benzene rings is 2. The Morgan fingerprint density at radius 2 is 1.87 bits per heavy atom. The summed E-state index contributed by atoms with van der Waals surface area (Å²) in [5.74, 6) is -1.21. The van der Waals surface area contributed by atoms with E-state index >= 15 is 0 Å². The van der Waals surface area contributed by atoms with E-state index in [1.54, 1.807) is 48.5 Å². The van der Waals surface area contributed by atoms with E-state index in [9.17, 15) is 14.7 Å². The number of ether oxygens (including phenoxy) is 2. The van der Waals surface area contributed by atoms with Crippen LogP contribution in [0.5, 0.6) is 5.75 Å². The van der Waals surface area contributed by atoms with Crippen molar-refractivity contribution in [3.63, 3.8) is 0 Å². The maximum Gasteiger partial charge on any atom is 0.295 e. The van der Waals surface area contributed by atoms with Crippen LogP contribution in [0.15, 0.2) is 60.7 Å². The zero-order chi connectivity index (χ0) is 22.5. The predicted octanol–water partition coefficient (Wildman–Crippen LogP) is 4.63. The van der Waals surface area contributed by atoms with E-state index in [2.05, 4.69) is 6.58 Å². The third-order valence-corrected chi connectivity index (χ3v) is 5.57. The Kier molecular flexibility index (Phi) is 7.38. The second-order valence-corrected chi connectivity index (χ2v) is 7.60. The first-order valence-corrected chi connectivity index (χ1v) is 10.2. The van der Waals surface area contributed by atoms with Crippen LogP contribution in [0.2, 0.25) is 10.0 Å². The molecule has 0 spiro atoms. The van der Waals surface area contributed by atoms with Gasteiger partial charge in [0, 0.05) is 19.2 Å². The van der Waals surface area contributed by atoms with E-state index in [4.69, 9.17) is 32.7 Å². The van der Waals surface area contributed by atoms with Gasteiger partial charge in [0.1, 0.15) is 18.1 Å². The van der Waals surface area contributed by atoms with Gasteiger partial charge >= 0.3 is 0 Å². The molecule has 0 unspecified atom stereocenters. The molecule has 6 nitrogen and oxygen atoms in total. The highest BCUT2D eigenvalue weighted by Gasteiger charge is 2.46. The minimum atomic E-state index is -0.832. The highest BCUT2D eigenvalue weighted by atomic mass is 35.5. The summed E-state index contributed by atoms with van der Waals surface area (Å²) >= 11 is 12.2. The highest BCUT2D eigenvalue weighted by molar-refractivity contribution is 6.46. The molecule has 1 atom stereocenters. The molecule has 1 fully saturated rings. The summed E-state index contributed by atoms with van der Waals surface area (Å²) in [6.07, 6.45) is 1.62. The average molecular weight is 462 g/mol. The van der Waals surface area contributed by atoms with Gasteiger partial charge in [-0.2, -0.15) is 0 Å². The van der Waals surface area contributed by atoms with E-state index < -0.39 is 17.7 Å². The zero-order valence-corrected chi connectivity index (χ0v) is 18.3. The number of carbonyl (C=O) groups is 2. The first kappa shape index (κ1) is 22.9. The fourth-order valence-corrected chi connectivity index (χ4v) is 3.66. The SMILES string of the molecule is C=CCOc1ccc(C(O)=C2C(=O)C(=O)N(CCOC)[C@@H]2c2ccc(Cl)c(Cl)c2)cc1. The van der Waals surface area contributed by atoms with Crippen molar-refractivity contribution in [1.29, 1.82) is 0 Å². The molecule has 2 aromatic rings. The number of nitrogens with zero attached hydrogens (tertiary/aromatic N) is 1. The molecule has 1 aliphatic heterocycles. The van der Waals surface area contributed by atoms with Crippen molar-refractivity contribution >= 4 is 40.7 Å². The number of likely N-dealkylation sites (tertiary alicyclic amines) is 1. The monoisotopic (exact) mass is 461 g/mol. The lowest BCUT2D eigenvalue weighted by Gasteiger charge is -2.25. The molecule has 1 heterocycles. The minimum Gasteiger partial charge on any atom is -0.507 e. The van der Waals surface area contributed by atoms with Gasteiger partial charge in [0.05, 0.1) is 28.3 Å². The molecule has 162 valence electrons. The number of methoxy groups -OCH3 is 1. The number of carbonyl (C=O) groups excluding carboxylic acids is 2. The molecule has 31 heavy (non-hydrogen) atoms. The van der Waals surface area contributed by atoms with Gasteiger partial charge in [0.2, 0.25) is 0 Å². The van der Waals surface area contributed by atoms with Crippen LogP contribution in [0.4, 0.5) is 0 Å². The van der Waals surface area contributed by atoms with Crippen molar-refractivity contribution in [3.05, 3.63) is 81.9 Å². The number of hydrogen-bond donors (Lipinski definition) is 1. The van der Waals surface area contributed by atoms with Crippen LogP contribution in [-0.4, -0.2) is 48.6 Å². The van der Waals surface area contributed by atoms with Crippen LogP contribution in [0.3, 0.4) is 0 Å². The number of aliphatic hydroxyl groups is 1. The van der Waals surface area contributed by atoms with E-state index in [1.807, 2.05) is 0 Å². The Morgan fingerprint density at radius 1 is 1.16 bits per heavy atom. The van der Waals surface area contributed by atoms with Crippen molar-refractivity contribution in [2.75, 3.05) is 26.9 Å². The van der Waals surface area contributed by atoms with Gasteiger partial charge in [-0.25, -0.2) is 0 Å². The zero-order valence-electron chi connectivity index (χ0n) is 16.8. The smallest absolute Gasteiger partial charge is 0.295 e. The maximum absolute atomic E-state index is 12.9. The Labute approximate surface area is 190 Å². The normalized spacial score (nSPS) is 17.8. The van der Waals surface area contributed by atoms with Crippen molar-refractivity contribution < 1.29 is 24.2 Å². The second-order valence-electron chi connectivity index (χ2n) is 6.78. The van der Waals surface area contributed by atoms with E-state index in [0.717, 1.165) is 0 Å².